The Balaban J connectivity index is 0.000000158. The van der Waals surface area contributed by atoms with Gasteiger partial charge in [-0.15, -0.1) is 0 Å². The number of rotatable bonds is 8. The Hall–Kier alpha value is -6.66. The fraction of sp³-hybridized carbons (Fsp3) is 0.364. The summed E-state index contributed by atoms with van der Waals surface area (Å²) < 4.78 is 26.3. The number of nitrogens with one attached hydrogen (secondary N) is 2. The minimum Gasteiger partial charge on any atom is -0.383 e. The van der Waals surface area contributed by atoms with E-state index in [9.17, 15) is 18.4 Å². The molecule has 62 heavy (non-hydrogen) atoms. The summed E-state index contributed by atoms with van der Waals surface area (Å²) in [4.78, 5) is 55.2. The molecule has 6 aromatic heterocycles. The molecule has 2 saturated carbocycles. The number of carbonyl (C=O) groups excluding carboxylic acids is 2. The van der Waals surface area contributed by atoms with Crippen LogP contribution in [-0.4, -0.2) is 92.3 Å². The Bertz CT molecular complexity index is 2550. The number of alkyl halides is 2. The van der Waals surface area contributed by atoms with Crippen LogP contribution in [0.3, 0.4) is 0 Å². The molecule has 6 aromatic rings. The molecule has 4 fully saturated rings. The second-order valence-electron chi connectivity index (χ2n) is 16.8. The van der Waals surface area contributed by atoms with E-state index in [-0.39, 0.29) is 36.7 Å². The highest BCUT2D eigenvalue weighted by molar-refractivity contribution is 6.00. The van der Waals surface area contributed by atoms with Crippen molar-refractivity contribution in [1.82, 2.24) is 29.9 Å². The SMILES string of the molecule is Cc1cc(N2CC[C@H](N)C2)ncc1-c1cc2cc(NC(=O)[C@@H]3C[C@@H]3F)ncc2c(N)n1.Cc1cc(N2CC[C@H](N)C2)ncc1-c1cc2cc(NC(=O)[C@H]3C[C@H]3F)ncc2c(N)n1. The van der Waals surface area contributed by atoms with Crippen molar-refractivity contribution in [3.05, 3.63) is 72.3 Å². The molecule has 2 aliphatic heterocycles. The van der Waals surface area contributed by atoms with Crippen molar-refractivity contribution in [3.63, 3.8) is 0 Å². The number of carbonyl (C=O) groups is 2. The van der Waals surface area contributed by atoms with Crippen molar-refractivity contribution < 1.29 is 18.4 Å². The van der Waals surface area contributed by atoms with Gasteiger partial charge in [0.2, 0.25) is 11.8 Å². The molecule has 0 radical (unpaired) electrons. The van der Waals surface area contributed by atoms with E-state index in [2.05, 4.69) is 50.3 Å². The summed E-state index contributed by atoms with van der Waals surface area (Å²) in [5.41, 5.74) is 29.6. The summed E-state index contributed by atoms with van der Waals surface area (Å²) in [5, 5.41) is 8.30. The van der Waals surface area contributed by atoms with Crippen molar-refractivity contribution in [2.45, 2.75) is 64.0 Å². The van der Waals surface area contributed by atoms with Gasteiger partial charge in [-0.2, -0.15) is 0 Å². The van der Waals surface area contributed by atoms with Crippen LogP contribution < -0.4 is 43.4 Å². The van der Waals surface area contributed by atoms with Crippen molar-refractivity contribution in [3.8, 4) is 22.5 Å². The summed E-state index contributed by atoms with van der Waals surface area (Å²) in [6.07, 6.45) is 7.11. The highest BCUT2D eigenvalue weighted by atomic mass is 19.1. The largest absolute Gasteiger partial charge is 0.383 e. The van der Waals surface area contributed by atoms with Gasteiger partial charge in [0, 0.05) is 84.9 Å². The first-order valence-corrected chi connectivity index (χ1v) is 20.8. The molecule has 16 nitrogen and oxygen atoms in total. The molecule has 10 rings (SSSR count). The van der Waals surface area contributed by atoms with E-state index in [1.165, 1.54) is 0 Å². The smallest absolute Gasteiger partial charge is 0.231 e. The summed E-state index contributed by atoms with van der Waals surface area (Å²) in [7, 11) is 0. The zero-order valence-electron chi connectivity index (χ0n) is 34.4. The summed E-state index contributed by atoms with van der Waals surface area (Å²) in [6, 6.07) is 11.7. The van der Waals surface area contributed by atoms with Gasteiger partial charge >= 0.3 is 0 Å². The van der Waals surface area contributed by atoms with Crippen molar-refractivity contribution in [1.29, 1.82) is 0 Å². The quantitative estimate of drug-likeness (QED) is 0.120. The number of hydrogen-bond acceptors (Lipinski definition) is 14. The number of anilines is 6. The minimum absolute atomic E-state index is 0.183. The molecule has 0 spiro atoms. The summed E-state index contributed by atoms with van der Waals surface area (Å²) in [5.74, 6) is 1.38. The topological polar surface area (TPSA) is 246 Å². The van der Waals surface area contributed by atoms with Gasteiger partial charge in [0.25, 0.3) is 0 Å². The maximum absolute atomic E-state index is 13.1. The fourth-order valence-corrected chi connectivity index (χ4v) is 8.02. The highest BCUT2D eigenvalue weighted by Crippen LogP contribution is 2.37. The molecule has 320 valence electrons. The third-order valence-electron chi connectivity index (χ3n) is 11.9. The molecule has 0 aromatic carbocycles. The normalized spacial score (nSPS) is 22.7. The number of halogens is 2. The van der Waals surface area contributed by atoms with E-state index >= 15 is 0 Å². The van der Waals surface area contributed by atoms with E-state index in [1.54, 1.807) is 36.9 Å². The Kier molecular flexibility index (Phi) is 10.7. The number of nitrogens with zero attached hydrogens (tertiary/aromatic N) is 8. The predicted molar refractivity (Wildman–Crippen MR) is 237 cm³/mol. The summed E-state index contributed by atoms with van der Waals surface area (Å²) in [6.45, 7) is 7.44. The third-order valence-corrected chi connectivity index (χ3v) is 11.9. The molecule has 2 saturated heterocycles. The lowest BCUT2D eigenvalue weighted by molar-refractivity contribution is -0.118. The van der Waals surface area contributed by atoms with Gasteiger partial charge in [0.15, 0.2) is 0 Å². The first kappa shape index (κ1) is 40.7. The highest BCUT2D eigenvalue weighted by Gasteiger charge is 2.44. The molecule has 2 amide bonds. The Morgan fingerprint density at radius 2 is 1.03 bits per heavy atom. The van der Waals surface area contributed by atoms with Crippen LogP contribution in [0.5, 0.6) is 0 Å². The van der Waals surface area contributed by atoms with Gasteiger partial charge in [-0.25, -0.2) is 38.7 Å². The number of aryl methyl sites for hydroxylation is 2. The van der Waals surface area contributed by atoms with Crippen LogP contribution in [0.4, 0.5) is 43.7 Å². The monoisotopic (exact) mass is 842 g/mol. The molecule has 10 N–H and O–H groups in total. The van der Waals surface area contributed by atoms with Crippen molar-refractivity contribution in [2.24, 2.45) is 23.3 Å². The van der Waals surface area contributed by atoms with Crippen LogP contribution in [0.25, 0.3) is 44.1 Å². The van der Waals surface area contributed by atoms with Crippen LogP contribution in [0, 0.1) is 25.7 Å². The number of pyridine rings is 6. The maximum Gasteiger partial charge on any atom is 0.231 e. The van der Waals surface area contributed by atoms with E-state index in [4.69, 9.17) is 22.9 Å². The average Bonchev–Trinajstić information content (AvgIpc) is 4.05. The Morgan fingerprint density at radius 3 is 1.37 bits per heavy atom. The number of hydrogen-bond donors (Lipinski definition) is 6. The lowest BCUT2D eigenvalue weighted by atomic mass is 10.1. The van der Waals surface area contributed by atoms with Crippen LogP contribution in [0.15, 0.2) is 61.2 Å². The molecule has 2 aliphatic carbocycles. The van der Waals surface area contributed by atoms with E-state index in [1.807, 2.05) is 38.1 Å². The zero-order chi connectivity index (χ0) is 43.4. The molecular formula is C44H48F2N14O2. The number of nitrogens with two attached hydrogens (primary N) is 4. The summed E-state index contributed by atoms with van der Waals surface area (Å²) >= 11 is 0. The van der Waals surface area contributed by atoms with E-state index < -0.39 is 24.2 Å². The second kappa shape index (κ2) is 16.3. The minimum atomic E-state index is -1.05. The third kappa shape index (κ3) is 8.47. The lowest BCUT2D eigenvalue weighted by Crippen LogP contribution is -2.26. The second-order valence-corrected chi connectivity index (χ2v) is 16.8. The van der Waals surface area contributed by atoms with Gasteiger partial charge in [0.1, 0.15) is 47.3 Å². The Morgan fingerprint density at radius 1 is 0.629 bits per heavy atom. The van der Waals surface area contributed by atoms with Gasteiger partial charge < -0.3 is 43.4 Å². The molecule has 8 heterocycles. The molecule has 4 aliphatic rings. The standard InChI is InChI=1S/2C22H24FN7O/c2*1-11-4-20(30-3-2-13(24)10-30)27-8-15(11)18-5-12-6-19(26-9-16(12)21(25)28-18)29-22(31)14-7-17(14)23/h2*4-6,8-9,13-14,17H,2-3,7,10,24H2,1H3,(H2,25,28)(H,26,29,31)/t13-,14+,17-;13-,14-,17+/m00/s1. The van der Waals surface area contributed by atoms with Crippen LogP contribution in [0.1, 0.15) is 36.8 Å². The van der Waals surface area contributed by atoms with Crippen LogP contribution >= 0.6 is 0 Å². The lowest BCUT2D eigenvalue weighted by Gasteiger charge is -2.18. The fourth-order valence-electron chi connectivity index (χ4n) is 8.02. The Labute approximate surface area is 355 Å². The number of fused-ring (bicyclic) bond motifs is 2. The first-order valence-electron chi connectivity index (χ1n) is 20.8. The number of amides is 2. The predicted octanol–water partition coefficient (Wildman–Crippen LogP) is 4.83. The van der Waals surface area contributed by atoms with Crippen molar-refractivity contribution in [2.75, 3.05) is 58.1 Å². The van der Waals surface area contributed by atoms with E-state index in [0.717, 1.165) is 83.7 Å². The molecule has 0 bridgehead atoms. The van der Waals surface area contributed by atoms with E-state index in [0.29, 0.717) is 45.4 Å². The van der Waals surface area contributed by atoms with Gasteiger partial charge in [-0.1, -0.05) is 0 Å². The van der Waals surface area contributed by atoms with Crippen molar-refractivity contribution >= 4 is 68.3 Å². The number of nitrogen functional groups attached to an aromatic ring is 2. The van der Waals surface area contributed by atoms with Gasteiger partial charge in [-0.05, 0) is 97.8 Å². The average molecular weight is 843 g/mol. The molecule has 0 unspecified atom stereocenters. The molecule has 6 atom stereocenters. The maximum atomic E-state index is 13.1. The van der Waals surface area contributed by atoms with Crippen LogP contribution in [-0.2, 0) is 9.59 Å². The molecule has 18 heteroatoms. The first-order chi connectivity index (χ1) is 29.8. The van der Waals surface area contributed by atoms with Gasteiger partial charge in [0.05, 0.1) is 23.2 Å². The number of aromatic nitrogens is 6. The van der Waals surface area contributed by atoms with Gasteiger partial charge in [-0.3, -0.25) is 9.59 Å². The molecular weight excluding hydrogens is 795 g/mol. The van der Waals surface area contributed by atoms with Crippen LogP contribution in [0.2, 0.25) is 0 Å². The zero-order valence-corrected chi connectivity index (χ0v) is 34.4.